The Morgan fingerprint density at radius 3 is 2.67 bits per heavy atom. The number of carbonyl (C=O) groups is 1. The van der Waals surface area contributed by atoms with Crippen LogP contribution in [0.2, 0.25) is 0 Å². The number of halogens is 1. The Bertz CT molecular complexity index is 433. The molecule has 98 valence electrons. The second-order valence-electron chi connectivity index (χ2n) is 5.60. The second kappa shape index (κ2) is 5.43. The lowest BCUT2D eigenvalue weighted by atomic mass is 9.87. The van der Waals surface area contributed by atoms with Gasteiger partial charge in [0, 0.05) is 29.8 Å². The highest BCUT2D eigenvalue weighted by Gasteiger charge is 2.33. The molecule has 0 radical (unpaired) electrons. The molecular formula is C14H18BrNOS. The molecule has 0 aromatic carbocycles. The van der Waals surface area contributed by atoms with Crippen molar-refractivity contribution in [2.75, 3.05) is 0 Å². The van der Waals surface area contributed by atoms with E-state index in [1.165, 1.54) is 30.6 Å². The zero-order chi connectivity index (χ0) is 12.5. The van der Waals surface area contributed by atoms with Crippen LogP contribution in [0.3, 0.4) is 0 Å². The number of fused-ring (bicyclic) bond motifs is 2. The minimum absolute atomic E-state index is 0.413. The summed E-state index contributed by atoms with van der Waals surface area (Å²) in [6.07, 6.45) is 6.44. The molecule has 1 aromatic rings. The minimum atomic E-state index is 0.413. The fourth-order valence-corrected chi connectivity index (χ4v) is 4.89. The molecule has 0 spiro atoms. The van der Waals surface area contributed by atoms with E-state index in [0.717, 1.165) is 10.2 Å². The predicted octanol–water partition coefficient (Wildman–Crippen LogP) is 3.54. The number of nitrogens with one attached hydrogen (secondary N) is 1. The van der Waals surface area contributed by atoms with Gasteiger partial charge in [-0.2, -0.15) is 0 Å². The lowest BCUT2D eigenvalue weighted by molar-refractivity contribution is -0.119. The molecule has 3 heterocycles. The lowest BCUT2D eigenvalue weighted by Crippen LogP contribution is -2.38. The van der Waals surface area contributed by atoms with Crippen LogP contribution in [0.15, 0.2) is 15.9 Å². The average molecular weight is 328 g/mol. The largest absolute Gasteiger partial charge is 0.311 e. The van der Waals surface area contributed by atoms with Gasteiger partial charge in [-0.15, -0.1) is 11.3 Å². The molecule has 2 nitrogen and oxygen atoms in total. The molecule has 2 fully saturated rings. The molecule has 1 aromatic heterocycles. The minimum Gasteiger partial charge on any atom is -0.311 e. The van der Waals surface area contributed by atoms with Crippen molar-refractivity contribution in [1.29, 1.82) is 0 Å². The normalized spacial score (nSPS) is 30.6. The highest BCUT2D eigenvalue weighted by atomic mass is 79.9. The third-order valence-corrected chi connectivity index (χ3v) is 5.71. The smallest absolute Gasteiger partial charge is 0.138 e. The van der Waals surface area contributed by atoms with Crippen LogP contribution in [0, 0.1) is 5.92 Å². The van der Waals surface area contributed by atoms with Gasteiger partial charge in [-0.25, -0.2) is 0 Å². The van der Waals surface area contributed by atoms with Crippen LogP contribution in [0.1, 0.15) is 37.0 Å². The summed E-state index contributed by atoms with van der Waals surface area (Å²) in [7, 11) is 0. The van der Waals surface area contributed by atoms with Crippen LogP contribution >= 0.6 is 27.3 Å². The van der Waals surface area contributed by atoms with Crippen LogP contribution in [0.25, 0.3) is 0 Å². The first-order chi connectivity index (χ1) is 8.69. The molecule has 18 heavy (non-hydrogen) atoms. The number of carbonyl (C=O) groups excluding carboxylic acids is 1. The summed E-state index contributed by atoms with van der Waals surface area (Å²) >= 11 is 5.12. The van der Waals surface area contributed by atoms with Gasteiger partial charge in [-0.05, 0) is 59.7 Å². The Hall–Kier alpha value is -0.190. The van der Waals surface area contributed by atoms with Crippen LogP contribution in [0.5, 0.6) is 0 Å². The van der Waals surface area contributed by atoms with Gasteiger partial charge in [-0.1, -0.05) is 0 Å². The maximum Gasteiger partial charge on any atom is 0.138 e. The zero-order valence-electron chi connectivity index (χ0n) is 10.3. The Morgan fingerprint density at radius 1 is 1.33 bits per heavy atom. The van der Waals surface area contributed by atoms with Crippen LogP contribution in [0.4, 0.5) is 0 Å². The number of hydrogen-bond acceptors (Lipinski definition) is 3. The first-order valence-corrected chi connectivity index (χ1v) is 8.32. The quantitative estimate of drug-likeness (QED) is 0.916. The van der Waals surface area contributed by atoms with Crippen LogP contribution < -0.4 is 5.32 Å². The third-order valence-electron chi connectivity index (χ3n) is 4.09. The molecule has 2 atom stereocenters. The van der Waals surface area contributed by atoms with Crippen molar-refractivity contribution in [3.05, 3.63) is 20.8 Å². The molecule has 2 bridgehead atoms. The van der Waals surface area contributed by atoms with Crippen molar-refractivity contribution in [1.82, 2.24) is 5.32 Å². The maximum atomic E-state index is 12.1. The summed E-state index contributed by atoms with van der Waals surface area (Å²) in [6, 6.07) is 5.46. The number of Topliss-reactive ketones (excluding diaryl/α,β-unsaturated/α-hetero) is 1. The van der Waals surface area contributed by atoms with E-state index in [1.54, 1.807) is 11.3 Å². The number of ketones is 1. The van der Waals surface area contributed by atoms with Crippen LogP contribution in [-0.4, -0.2) is 17.9 Å². The van der Waals surface area contributed by atoms with Crippen LogP contribution in [-0.2, 0) is 11.2 Å². The summed E-state index contributed by atoms with van der Waals surface area (Å²) in [5, 5.41) is 3.63. The van der Waals surface area contributed by atoms with E-state index in [9.17, 15) is 4.79 Å². The Morgan fingerprint density at radius 2 is 2.06 bits per heavy atom. The third kappa shape index (κ3) is 3.03. The van der Waals surface area contributed by atoms with E-state index in [-0.39, 0.29) is 0 Å². The van der Waals surface area contributed by atoms with E-state index < -0.39 is 0 Å². The number of thiophene rings is 1. The first-order valence-electron chi connectivity index (χ1n) is 6.71. The van der Waals surface area contributed by atoms with E-state index in [0.29, 0.717) is 30.2 Å². The van der Waals surface area contributed by atoms with Gasteiger partial charge in [0.15, 0.2) is 0 Å². The zero-order valence-corrected chi connectivity index (χ0v) is 12.7. The van der Waals surface area contributed by atoms with Gasteiger partial charge in [0.05, 0.1) is 3.79 Å². The standard InChI is InChI=1S/C14H18BrNOS/c15-14-4-3-13(18-14)8-12(17)7-9-5-10-1-2-11(6-9)16-10/h3-4,9-11,16H,1-2,5-8H2. The van der Waals surface area contributed by atoms with Crippen molar-refractivity contribution >= 4 is 33.0 Å². The highest BCUT2D eigenvalue weighted by Crippen LogP contribution is 2.33. The molecule has 1 N–H and O–H groups in total. The van der Waals surface area contributed by atoms with Gasteiger partial charge < -0.3 is 5.32 Å². The van der Waals surface area contributed by atoms with Crippen molar-refractivity contribution in [3.8, 4) is 0 Å². The van der Waals surface area contributed by atoms with Crippen molar-refractivity contribution in [2.45, 2.75) is 50.6 Å². The molecule has 4 heteroatoms. The second-order valence-corrected chi connectivity index (χ2v) is 8.15. The molecular weight excluding hydrogens is 310 g/mol. The first kappa shape index (κ1) is 12.8. The van der Waals surface area contributed by atoms with Crippen molar-refractivity contribution in [3.63, 3.8) is 0 Å². The topological polar surface area (TPSA) is 29.1 Å². The van der Waals surface area contributed by atoms with Gasteiger partial charge >= 0.3 is 0 Å². The average Bonchev–Trinajstić information content (AvgIpc) is 2.85. The molecule has 0 amide bonds. The van der Waals surface area contributed by atoms with E-state index in [4.69, 9.17) is 0 Å². The van der Waals surface area contributed by atoms with E-state index >= 15 is 0 Å². The van der Waals surface area contributed by atoms with Gasteiger partial charge in [0.2, 0.25) is 0 Å². The monoisotopic (exact) mass is 327 g/mol. The molecule has 3 rings (SSSR count). The fourth-order valence-electron chi connectivity index (χ4n) is 3.38. The molecule has 2 aliphatic heterocycles. The van der Waals surface area contributed by atoms with Gasteiger partial charge in [0.25, 0.3) is 0 Å². The molecule has 0 saturated carbocycles. The number of hydrogen-bond donors (Lipinski definition) is 1. The summed E-state index contributed by atoms with van der Waals surface area (Å²) in [5.41, 5.74) is 0. The Kier molecular flexibility index (Phi) is 3.87. The van der Waals surface area contributed by atoms with Crippen molar-refractivity contribution in [2.24, 2.45) is 5.92 Å². The summed E-state index contributed by atoms with van der Waals surface area (Å²) in [5.74, 6) is 1.04. The van der Waals surface area contributed by atoms with Gasteiger partial charge in [0.1, 0.15) is 5.78 Å². The number of rotatable bonds is 4. The fraction of sp³-hybridized carbons (Fsp3) is 0.643. The SMILES string of the molecule is O=C(Cc1ccc(Br)s1)CC1CC2CCC(C1)N2. The molecule has 2 saturated heterocycles. The molecule has 2 unspecified atom stereocenters. The van der Waals surface area contributed by atoms with E-state index in [1.807, 2.05) is 6.07 Å². The predicted molar refractivity (Wildman–Crippen MR) is 78.0 cm³/mol. The Balaban J connectivity index is 1.52. The molecule has 0 aliphatic carbocycles. The number of piperidine rings is 1. The van der Waals surface area contributed by atoms with Gasteiger partial charge in [-0.3, -0.25) is 4.79 Å². The maximum absolute atomic E-state index is 12.1. The van der Waals surface area contributed by atoms with Crippen molar-refractivity contribution < 1.29 is 4.79 Å². The lowest BCUT2D eigenvalue weighted by Gasteiger charge is -2.28. The Labute approximate surface area is 120 Å². The summed E-state index contributed by atoms with van der Waals surface area (Å²) in [4.78, 5) is 13.3. The summed E-state index contributed by atoms with van der Waals surface area (Å²) in [6.45, 7) is 0. The van der Waals surface area contributed by atoms with E-state index in [2.05, 4.69) is 27.3 Å². The summed E-state index contributed by atoms with van der Waals surface area (Å²) < 4.78 is 1.12. The molecule has 2 aliphatic rings. The highest BCUT2D eigenvalue weighted by molar-refractivity contribution is 9.11.